The van der Waals surface area contributed by atoms with Crippen LogP contribution in [0.4, 0.5) is 5.13 Å². The molecule has 1 saturated heterocycles. The Bertz CT molecular complexity index is 954. The molecule has 1 unspecified atom stereocenters. The average Bonchev–Trinajstić information content (AvgIpc) is 3.11. The van der Waals surface area contributed by atoms with Gasteiger partial charge in [-0.1, -0.05) is 24.1 Å². The van der Waals surface area contributed by atoms with Crippen molar-refractivity contribution >= 4 is 38.3 Å². The van der Waals surface area contributed by atoms with Gasteiger partial charge >= 0.3 is 0 Å². The summed E-state index contributed by atoms with van der Waals surface area (Å²) in [7, 11) is -3.79. The number of primary amides is 1. The standard InChI is InChI=1S/C17H20N4O4S2/c1-11-5-7-12(8-6-11)27(24,25)21-9-3-2-4-14(21)16(23)20-17-19-13(10-26-17)15(18)22/h5-8,10,14H,2-4,9H2,1H3,(H2,18,22)(H,19,20,23). The number of aryl methyl sites for hydroxylation is 1. The van der Waals surface area contributed by atoms with Gasteiger partial charge in [0.05, 0.1) is 4.90 Å². The van der Waals surface area contributed by atoms with Crippen LogP contribution in [-0.2, 0) is 14.8 Å². The van der Waals surface area contributed by atoms with E-state index in [0.717, 1.165) is 23.3 Å². The van der Waals surface area contributed by atoms with Crippen LogP contribution in [0.3, 0.4) is 0 Å². The third kappa shape index (κ3) is 4.18. The lowest BCUT2D eigenvalue weighted by Gasteiger charge is -2.33. The van der Waals surface area contributed by atoms with Crippen molar-refractivity contribution in [2.24, 2.45) is 5.73 Å². The predicted molar refractivity (Wildman–Crippen MR) is 102 cm³/mol. The van der Waals surface area contributed by atoms with Gasteiger partial charge in [-0.2, -0.15) is 4.31 Å². The summed E-state index contributed by atoms with van der Waals surface area (Å²) in [5.74, 6) is -1.15. The number of aromatic nitrogens is 1. The summed E-state index contributed by atoms with van der Waals surface area (Å²) in [5, 5.41) is 4.26. The number of benzene rings is 1. The molecular formula is C17H20N4O4S2. The van der Waals surface area contributed by atoms with Crippen molar-refractivity contribution in [3.8, 4) is 0 Å². The SMILES string of the molecule is Cc1ccc(S(=O)(=O)N2CCCCC2C(=O)Nc2nc(C(N)=O)cs2)cc1. The fraction of sp³-hybridized carbons (Fsp3) is 0.353. The minimum absolute atomic E-state index is 0.0584. The molecule has 2 aromatic rings. The van der Waals surface area contributed by atoms with Crippen molar-refractivity contribution in [2.45, 2.75) is 37.1 Å². The molecule has 2 heterocycles. The maximum atomic E-state index is 13.0. The van der Waals surface area contributed by atoms with Gasteiger partial charge in [0, 0.05) is 11.9 Å². The number of hydrogen-bond donors (Lipinski definition) is 2. The van der Waals surface area contributed by atoms with Crippen molar-refractivity contribution in [3.05, 3.63) is 40.9 Å². The summed E-state index contributed by atoms with van der Waals surface area (Å²) in [6.45, 7) is 2.15. The van der Waals surface area contributed by atoms with E-state index in [9.17, 15) is 18.0 Å². The van der Waals surface area contributed by atoms with Crippen molar-refractivity contribution in [3.63, 3.8) is 0 Å². The number of amides is 2. The first-order chi connectivity index (χ1) is 12.8. The minimum Gasteiger partial charge on any atom is -0.364 e. The van der Waals surface area contributed by atoms with Gasteiger partial charge in [0.2, 0.25) is 15.9 Å². The Balaban J connectivity index is 1.82. The van der Waals surface area contributed by atoms with Crippen molar-refractivity contribution in [1.82, 2.24) is 9.29 Å². The summed E-state index contributed by atoms with van der Waals surface area (Å²) >= 11 is 1.07. The summed E-state index contributed by atoms with van der Waals surface area (Å²) in [6.07, 6.45) is 1.87. The van der Waals surface area contributed by atoms with E-state index in [0.29, 0.717) is 12.8 Å². The molecular weight excluding hydrogens is 388 g/mol. The number of carbonyl (C=O) groups is 2. The van der Waals surface area contributed by atoms with E-state index in [1.54, 1.807) is 24.3 Å². The second kappa shape index (κ2) is 7.75. The Kier molecular flexibility index (Phi) is 5.59. The predicted octanol–water partition coefficient (Wildman–Crippen LogP) is 1.73. The average molecular weight is 409 g/mol. The molecule has 1 atom stereocenters. The molecule has 1 fully saturated rings. The number of nitrogens with zero attached hydrogens (tertiary/aromatic N) is 2. The second-order valence-corrected chi connectivity index (χ2v) is 9.08. The zero-order valence-electron chi connectivity index (χ0n) is 14.7. The zero-order valence-corrected chi connectivity index (χ0v) is 16.3. The number of hydrogen-bond acceptors (Lipinski definition) is 6. The highest BCUT2D eigenvalue weighted by Crippen LogP contribution is 2.27. The van der Waals surface area contributed by atoms with E-state index < -0.39 is 27.9 Å². The Hall–Kier alpha value is -2.30. The van der Waals surface area contributed by atoms with E-state index >= 15 is 0 Å². The first kappa shape index (κ1) is 19.5. The molecule has 3 rings (SSSR count). The van der Waals surface area contributed by atoms with Crippen LogP contribution in [0, 0.1) is 6.92 Å². The fourth-order valence-electron chi connectivity index (χ4n) is 2.93. The molecule has 2 amide bonds. The highest BCUT2D eigenvalue weighted by atomic mass is 32.2. The number of anilines is 1. The number of carbonyl (C=O) groups excluding carboxylic acids is 2. The number of rotatable bonds is 5. The van der Waals surface area contributed by atoms with Crippen LogP contribution in [0.2, 0.25) is 0 Å². The van der Waals surface area contributed by atoms with Gasteiger partial charge < -0.3 is 11.1 Å². The molecule has 0 spiro atoms. The summed E-state index contributed by atoms with van der Waals surface area (Å²) < 4.78 is 27.3. The van der Waals surface area contributed by atoms with Gasteiger partial charge in [-0.3, -0.25) is 9.59 Å². The van der Waals surface area contributed by atoms with E-state index in [1.165, 1.54) is 9.69 Å². The fourth-order valence-corrected chi connectivity index (χ4v) is 5.29. The Labute approximate surface area is 161 Å². The summed E-state index contributed by atoms with van der Waals surface area (Å²) in [4.78, 5) is 28.0. The van der Waals surface area contributed by atoms with Crippen molar-refractivity contribution in [2.75, 3.05) is 11.9 Å². The van der Waals surface area contributed by atoms with Gasteiger partial charge in [0.1, 0.15) is 11.7 Å². The summed E-state index contributed by atoms with van der Waals surface area (Å²) in [5.41, 5.74) is 6.17. The molecule has 10 heteroatoms. The molecule has 1 aliphatic heterocycles. The largest absolute Gasteiger partial charge is 0.364 e. The van der Waals surface area contributed by atoms with E-state index in [-0.39, 0.29) is 22.3 Å². The Morgan fingerprint density at radius 1 is 1.26 bits per heavy atom. The van der Waals surface area contributed by atoms with Gasteiger partial charge in [-0.05, 0) is 31.9 Å². The van der Waals surface area contributed by atoms with Crippen molar-refractivity contribution < 1.29 is 18.0 Å². The Morgan fingerprint density at radius 3 is 2.59 bits per heavy atom. The highest BCUT2D eigenvalue weighted by molar-refractivity contribution is 7.89. The lowest BCUT2D eigenvalue weighted by atomic mass is 10.0. The molecule has 1 aromatic heterocycles. The van der Waals surface area contributed by atoms with Gasteiger partial charge in [0.15, 0.2) is 5.13 Å². The second-order valence-electron chi connectivity index (χ2n) is 6.33. The minimum atomic E-state index is -3.79. The molecule has 8 nitrogen and oxygen atoms in total. The van der Waals surface area contributed by atoms with E-state index in [1.807, 2.05) is 6.92 Å². The van der Waals surface area contributed by atoms with Crippen LogP contribution in [-0.4, -0.2) is 42.1 Å². The smallest absolute Gasteiger partial charge is 0.268 e. The number of nitrogens with one attached hydrogen (secondary N) is 1. The van der Waals surface area contributed by atoms with Crippen LogP contribution < -0.4 is 11.1 Å². The van der Waals surface area contributed by atoms with E-state index in [4.69, 9.17) is 5.73 Å². The topological polar surface area (TPSA) is 122 Å². The quantitative estimate of drug-likeness (QED) is 0.780. The monoisotopic (exact) mass is 408 g/mol. The highest BCUT2D eigenvalue weighted by Gasteiger charge is 2.37. The lowest BCUT2D eigenvalue weighted by molar-refractivity contribution is -0.120. The van der Waals surface area contributed by atoms with Crippen LogP contribution in [0.5, 0.6) is 0 Å². The van der Waals surface area contributed by atoms with Gasteiger partial charge in [-0.15, -0.1) is 11.3 Å². The number of nitrogens with two attached hydrogens (primary N) is 1. The Morgan fingerprint density at radius 2 is 1.96 bits per heavy atom. The molecule has 144 valence electrons. The molecule has 3 N–H and O–H groups in total. The molecule has 0 radical (unpaired) electrons. The molecule has 1 aromatic carbocycles. The lowest BCUT2D eigenvalue weighted by Crippen LogP contribution is -2.49. The molecule has 1 aliphatic rings. The maximum Gasteiger partial charge on any atom is 0.268 e. The normalized spacial score (nSPS) is 18.2. The first-order valence-corrected chi connectivity index (χ1v) is 10.8. The van der Waals surface area contributed by atoms with Crippen LogP contribution >= 0.6 is 11.3 Å². The zero-order chi connectivity index (χ0) is 19.6. The third-order valence-electron chi connectivity index (χ3n) is 4.37. The number of thiazole rings is 1. The maximum absolute atomic E-state index is 13.0. The van der Waals surface area contributed by atoms with Crippen LogP contribution in [0.15, 0.2) is 34.5 Å². The van der Waals surface area contributed by atoms with Crippen LogP contribution in [0.25, 0.3) is 0 Å². The van der Waals surface area contributed by atoms with Gasteiger partial charge in [0.25, 0.3) is 5.91 Å². The molecule has 0 bridgehead atoms. The first-order valence-electron chi connectivity index (χ1n) is 8.44. The molecule has 0 aliphatic carbocycles. The number of piperidine rings is 1. The van der Waals surface area contributed by atoms with E-state index in [2.05, 4.69) is 10.3 Å². The third-order valence-corrected chi connectivity index (χ3v) is 7.05. The van der Waals surface area contributed by atoms with Crippen LogP contribution in [0.1, 0.15) is 35.3 Å². The molecule has 0 saturated carbocycles. The summed E-state index contributed by atoms with van der Waals surface area (Å²) in [6, 6.07) is 5.73. The molecule has 27 heavy (non-hydrogen) atoms. The number of sulfonamides is 1. The van der Waals surface area contributed by atoms with Gasteiger partial charge in [-0.25, -0.2) is 13.4 Å². The van der Waals surface area contributed by atoms with Crippen molar-refractivity contribution in [1.29, 1.82) is 0 Å².